The normalized spacial score (nSPS) is 17.0. The minimum atomic E-state index is -4.60. The molecule has 140 valence electrons. The molecular formula is C16H16F3N3O4. The van der Waals surface area contributed by atoms with Gasteiger partial charge < -0.3 is 9.84 Å². The number of carboxylic acids is 1. The van der Waals surface area contributed by atoms with Crippen LogP contribution in [-0.4, -0.2) is 32.5 Å². The van der Waals surface area contributed by atoms with Gasteiger partial charge in [-0.25, -0.2) is 14.3 Å². The van der Waals surface area contributed by atoms with Crippen LogP contribution < -0.4 is 10.4 Å². The molecule has 10 heteroatoms. The van der Waals surface area contributed by atoms with Crippen LogP contribution in [0.4, 0.5) is 13.2 Å². The van der Waals surface area contributed by atoms with Gasteiger partial charge in [0, 0.05) is 6.42 Å². The molecule has 0 bridgehead atoms. The number of aliphatic carboxylic acids is 1. The largest absolute Gasteiger partial charge is 0.496 e. The molecule has 2 aromatic rings. The lowest BCUT2D eigenvalue weighted by molar-refractivity contribution is -0.141. The van der Waals surface area contributed by atoms with E-state index in [2.05, 4.69) is 5.10 Å². The Morgan fingerprint density at radius 1 is 1.42 bits per heavy atom. The van der Waals surface area contributed by atoms with Crippen LogP contribution in [0.2, 0.25) is 0 Å². The van der Waals surface area contributed by atoms with Crippen LogP contribution in [0.1, 0.15) is 35.8 Å². The Hall–Kier alpha value is -2.78. The van der Waals surface area contributed by atoms with E-state index in [-0.39, 0.29) is 17.9 Å². The molecule has 0 fully saturated rings. The topological polar surface area (TPSA) is 86.4 Å². The quantitative estimate of drug-likeness (QED) is 0.889. The van der Waals surface area contributed by atoms with E-state index >= 15 is 0 Å². The summed E-state index contributed by atoms with van der Waals surface area (Å²) in [6, 6.07) is 2.49. The Morgan fingerprint density at radius 2 is 2.15 bits per heavy atom. The van der Waals surface area contributed by atoms with Gasteiger partial charge >= 0.3 is 17.8 Å². The molecule has 1 aromatic carbocycles. The summed E-state index contributed by atoms with van der Waals surface area (Å²) in [7, 11) is 1.14. The van der Waals surface area contributed by atoms with Crippen molar-refractivity contribution < 1.29 is 27.8 Å². The summed E-state index contributed by atoms with van der Waals surface area (Å²) in [6.45, 7) is -0.196. The third kappa shape index (κ3) is 3.18. The van der Waals surface area contributed by atoms with E-state index in [0.29, 0.717) is 25.1 Å². The first-order valence-electron chi connectivity index (χ1n) is 7.87. The summed E-state index contributed by atoms with van der Waals surface area (Å²) < 4.78 is 46.2. The number of hydrogen-bond acceptors (Lipinski definition) is 4. The van der Waals surface area contributed by atoms with Crippen molar-refractivity contribution in [2.45, 2.75) is 38.0 Å². The predicted molar refractivity (Wildman–Crippen MR) is 83.2 cm³/mol. The Morgan fingerprint density at radius 3 is 2.77 bits per heavy atom. The highest BCUT2D eigenvalue weighted by Crippen LogP contribution is 2.36. The number of nitrogens with zero attached hydrogens (tertiary/aromatic N) is 3. The molecule has 3 rings (SSSR count). The molecule has 1 atom stereocenters. The lowest BCUT2D eigenvalue weighted by Crippen LogP contribution is -2.34. The summed E-state index contributed by atoms with van der Waals surface area (Å²) in [5.74, 6) is -1.11. The van der Waals surface area contributed by atoms with Crippen LogP contribution >= 0.6 is 0 Å². The van der Waals surface area contributed by atoms with Crippen molar-refractivity contribution in [2.24, 2.45) is 0 Å². The monoisotopic (exact) mass is 371 g/mol. The predicted octanol–water partition coefficient (Wildman–Crippen LogP) is 2.08. The second-order valence-corrected chi connectivity index (χ2v) is 6.01. The number of halogens is 3. The van der Waals surface area contributed by atoms with Crippen molar-refractivity contribution in [1.29, 1.82) is 0 Å². The molecule has 1 unspecified atom stereocenters. The Labute approximate surface area is 145 Å². The zero-order valence-corrected chi connectivity index (χ0v) is 13.8. The minimum absolute atomic E-state index is 0.196. The third-order valence-corrected chi connectivity index (χ3v) is 4.32. The summed E-state index contributed by atoms with van der Waals surface area (Å²) in [4.78, 5) is 23.8. The van der Waals surface area contributed by atoms with Crippen molar-refractivity contribution in [3.05, 3.63) is 45.6 Å². The van der Waals surface area contributed by atoms with Gasteiger partial charge in [-0.15, -0.1) is 0 Å². The number of carboxylic acid groups (broad SMARTS) is 1. The lowest BCUT2D eigenvalue weighted by atomic mass is 10.1. The number of aryl methyl sites for hydroxylation is 1. The second-order valence-electron chi connectivity index (χ2n) is 6.01. The summed E-state index contributed by atoms with van der Waals surface area (Å²) in [6.07, 6.45) is -3.26. The van der Waals surface area contributed by atoms with Crippen LogP contribution in [0.15, 0.2) is 23.0 Å². The van der Waals surface area contributed by atoms with Gasteiger partial charge in [0.25, 0.3) is 0 Å². The smallest absolute Gasteiger partial charge is 0.419 e. The van der Waals surface area contributed by atoms with Crippen LogP contribution in [0.3, 0.4) is 0 Å². The number of methoxy groups -OCH3 is 1. The first-order valence-corrected chi connectivity index (χ1v) is 7.87. The van der Waals surface area contributed by atoms with Gasteiger partial charge in [0.15, 0.2) is 0 Å². The molecule has 0 radical (unpaired) electrons. The summed E-state index contributed by atoms with van der Waals surface area (Å²) in [5.41, 5.74) is -1.38. The zero-order valence-electron chi connectivity index (χ0n) is 13.8. The summed E-state index contributed by atoms with van der Waals surface area (Å²) >= 11 is 0. The number of fused-ring (bicyclic) bond motifs is 1. The number of alkyl halides is 3. The van der Waals surface area contributed by atoms with E-state index in [1.165, 1.54) is 12.1 Å². The SMILES string of the molecule is COc1ccc(Cn2nc3n(c2=O)C(C(=O)O)CCC3)cc1C(F)(F)F. The van der Waals surface area contributed by atoms with Gasteiger partial charge in [-0.3, -0.25) is 4.57 Å². The van der Waals surface area contributed by atoms with Crippen molar-refractivity contribution in [1.82, 2.24) is 14.3 Å². The molecule has 0 amide bonds. The van der Waals surface area contributed by atoms with Crippen LogP contribution in [0, 0.1) is 0 Å². The first kappa shape index (κ1) is 18.0. The average Bonchev–Trinajstić information content (AvgIpc) is 2.90. The highest BCUT2D eigenvalue weighted by atomic mass is 19.4. The molecule has 7 nitrogen and oxygen atoms in total. The van der Waals surface area contributed by atoms with Gasteiger partial charge in [0.05, 0.1) is 19.2 Å². The maximum atomic E-state index is 13.1. The molecule has 0 aliphatic carbocycles. The number of benzene rings is 1. The molecule has 1 aromatic heterocycles. The van der Waals surface area contributed by atoms with Crippen LogP contribution in [0.5, 0.6) is 5.75 Å². The number of ether oxygens (including phenoxy) is 1. The van der Waals surface area contributed by atoms with Gasteiger partial charge in [-0.1, -0.05) is 6.07 Å². The van der Waals surface area contributed by atoms with E-state index in [4.69, 9.17) is 4.74 Å². The lowest BCUT2D eigenvalue weighted by Gasteiger charge is -2.19. The van der Waals surface area contributed by atoms with Gasteiger partial charge in [-0.2, -0.15) is 18.3 Å². The molecule has 1 aliphatic rings. The fraction of sp³-hybridized carbons (Fsp3) is 0.438. The maximum Gasteiger partial charge on any atom is 0.419 e. The molecule has 1 N–H and O–H groups in total. The van der Waals surface area contributed by atoms with Crippen LogP contribution in [-0.2, 0) is 23.9 Å². The average molecular weight is 371 g/mol. The van der Waals surface area contributed by atoms with Gasteiger partial charge in [0.2, 0.25) is 0 Å². The second kappa shape index (κ2) is 6.50. The molecular weight excluding hydrogens is 355 g/mol. The Balaban J connectivity index is 1.98. The molecule has 2 heterocycles. The van der Waals surface area contributed by atoms with Crippen molar-refractivity contribution in [2.75, 3.05) is 7.11 Å². The molecule has 1 aliphatic heterocycles. The Kier molecular flexibility index (Phi) is 4.51. The fourth-order valence-corrected chi connectivity index (χ4v) is 3.12. The first-order chi connectivity index (χ1) is 12.2. The van der Waals surface area contributed by atoms with Crippen molar-refractivity contribution >= 4 is 5.97 Å². The van der Waals surface area contributed by atoms with E-state index in [1.807, 2.05) is 0 Å². The molecule has 0 spiro atoms. The third-order valence-electron chi connectivity index (χ3n) is 4.32. The van der Waals surface area contributed by atoms with Crippen molar-refractivity contribution in [3.8, 4) is 5.75 Å². The Bertz CT molecular complexity index is 901. The standard InChI is InChI=1S/C16H16F3N3O4/c1-26-12-6-5-9(7-10(12)16(17,18)19)8-21-15(25)22-11(14(23)24)3-2-4-13(22)20-21/h5-7,11H,2-4,8H2,1H3,(H,23,24). The van der Waals surface area contributed by atoms with Crippen LogP contribution in [0.25, 0.3) is 0 Å². The number of rotatable bonds is 4. The fourth-order valence-electron chi connectivity index (χ4n) is 3.12. The number of carbonyl (C=O) groups is 1. The van der Waals surface area contributed by atoms with E-state index in [0.717, 1.165) is 22.4 Å². The van der Waals surface area contributed by atoms with Gasteiger partial charge in [0.1, 0.15) is 17.6 Å². The molecule has 0 saturated heterocycles. The maximum absolute atomic E-state index is 13.1. The highest BCUT2D eigenvalue weighted by Gasteiger charge is 2.35. The van der Waals surface area contributed by atoms with E-state index < -0.39 is 29.4 Å². The molecule has 0 saturated carbocycles. The summed E-state index contributed by atoms with van der Waals surface area (Å²) in [5, 5.41) is 13.4. The number of hydrogen-bond donors (Lipinski definition) is 1. The highest BCUT2D eigenvalue weighted by molar-refractivity contribution is 5.72. The molecule has 26 heavy (non-hydrogen) atoms. The minimum Gasteiger partial charge on any atom is -0.496 e. The van der Waals surface area contributed by atoms with Crippen molar-refractivity contribution in [3.63, 3.8) is 0 Å². The van der Waals surface area contributed by atoms with E-state index in [9.17, 15) is 27.9 Å². The van der Waals surface area contributed by atoms with Gasteiger partial charge in [-0.05, 0) is 30.5 Å². The number of aromatic nitrogens is 3. The van der Waals surface area contributed by atoms with E-state index in [1.54, 1.807) is 0 Å². The zero-order chi connectivity index (χ0) is 19.1.